The monoisotopic (exact) mass is 219 g/mol. The fourth-order valence-electron chi connectivity index (χ4n) is 2.48. The fourth-order valence-corrected chi connectivity index (χ4v) is 3.33. The van der Waals surface area contributed by atoms with Gasteiger partial charge in [-0.1, -0.05) is 31.7 Å². The Hall–Kier alpha value is -0.810. The zero-order valence-corrected chi connectivity index (χ0v) is 9.85. The number of nitriles is 1. The van der Waals surface area contributed by atoms with Gasteiger partial charge in [0.1, 0.15) is 0 Å². The van der Waals surface area contributed by atoms with E-state index in [1.807, 2.05) is 0 Å². The van der Waals surface area contributed by atoms with Crippen LogP contribution < -0.4 is 0 Å². The van der Waals surface area contributed by atoms with E-state index in [1.54, 1.807) is 11.3 Å². The smallest absolute Gasteiger partial charge is 0.0693 e. The quantitative estimate of drug-likeness (QED) is 0.685. The maximum Gasteiger partial charge on any atom is 0.0693 e. The zero-order valence-electron chi connectivity index (χ0n) is 9.04. The number of rotatable bonds is 2. The van der Waals surface area contributed by atoms with Gasteiger partial charge in [-0.2, -0.15) is 5.26 Å². The number of thiophene rings is 1. The lowest BCUT2D eigenvalue weighted by atomic mass is 9.78. The Kier molecular flexibility index (Phi) is 3.43. The van der Waals surface area contributed by atoms with Gasteiger partial charge in [0.05, 0.1) is 11.5 Å². The molecule has 1 aliphatic rings. The van der Waals surface area contributed by atoms with Crippen molar-refractivity contribution in [2.75, 3.05) is 0 Å². The van der Waals surface area contributed by atoms with Crippen LogP contribution in [0, 0.1) is 16.7 Å². The molecule has 1 fully saturated rings. The molecule has 0 atom stereocenters. The highest BCUT2D eigenvalue weighted by Gasteiger charge is 2.31. The molecule has 0 unspecified atom stereocenters. The van der Waals surface area contributed by atoms with Crippen LogP contribution in [-0.4, -0.2) is 0 Å². The molecular formula is C13H17NS. The van der Waals surface area contributed by atoms with Gasteiger partial charge in [-0.25, -0.2) is 0 Å². The molecule has 1 aromatic heterocycles. The van der Waals surface area contributed by atoms with Crippen molar-refractivity contribution in [2.45, 2.75) is 44.9 Å². The second kappa shape index (κ2) is 4.81. The van der Waals surface area contributed by atoms with Crippen LogP contribution in [0.3, 0.4) is 0 Å². The summed E-state index contributed by atoms with van der Waals surface area (Å²) in [7, 11) is 0. The standard InChI is InChI=1S/C13H17NS/c14-11-13(7-3-1-2-4-8-13)10-12-6-5-9-15-12/h5-6,9H,1-4,7-8,10H2. The molecule has 2 rings (SSSR count). The largest absolute Gasteiger partial charge is 0.198 e. The van der Waals surface area contributed by atoms with Gasteiger partial charge in [-0.05, 0) is 24.3 Å². The molecule has 0 amide bonds. The Morgan fingerprint density at radius 2 is 2.00 bits per heavy atom. The van der Waals surface area contributed by atoms with Crippen molar-refractivity contribution in [3.63, 3.8) is 0 Å². The second-order valence-corrected chi connectivity index (χ2v) is 5.59. The van der Waals surface area contributed by atoms with Crippen LogP contribution in [0.2, 0.25) is 0 Å². The molecule has 0 N–H and O–H groups in total. The first-order valence-electron chi connectivity index (χ1n) is 5.78. The Balaban J connectivity index is 2.10. The van der Waals surface area contributed by atoms with Crippen molar-refractivity contribution in [1.82, 2.24) is 0 Å². The molecule has 1 nitrogen and oxygen atoms in total. The average Bonchev–Trinajstić information content (AvgIpc) is 2.64. The number of nitrogens with zero attached hydrogens (tertiary/aromatic N) is 1. The first kappa shape index (κ1) is 10.7. The summed E-state index contributed by atoms with van der Waals surface area (Å²) in [6, 6.07) is 6.85. The Bertz CT molecular complexity index is 326. The van der Waals surface area contributed by atoms with E-state index >= 15 is 0 Å². The van der Waals surface area contributed by atoms with Gasteiger partial charge >= 0.3 is 0 Å². The van der Waals surface area contributed by atoms with E-state index in [0.29, 0.717) is 0 Å². The van der Waals surface area contributed by atoms with Crippen LogP contribution in [0.5, 0.6) is 0 Å². The third-order valence-electron chi connectivity index (χ3n) is 3.39. The van der Waals surface area contributed by atoms with Crippen LogP contribution in [0.25, 0.3) is 0 Å². The van der Waals surface area contributed by atoms with E-state index in [1.165, 1.54) is 30.6 Å². The Morgan fingerprint density at radius 3 is 2.53 bits per heavy atom. The lowest BCUT2D eigenvalue weighted by Crippen LogP contribution is -2.20. The summed E-state index contributed by atoms with van der Waals surface area (Å²) in [4.78, 5) is 1.37. The van der Waals surface area contributed by atoms with Crippen LogP contribution in [-0.2, 0) is 6.42 Å². The second-order valence-electron chi connectivity index (χ2n) is 4.56. The van der Waals surface area contributed by atoms with Gasteiger partial charge in [-0.15, -0.1) is 11.3 Å². The van der Waals surface area contributed by atoms with Gasteiger partial charge in [0, 0.05) is 11.3 Å². The molecular weight excluding hydrogens is 202 g/mol. The highest BCUT2D eigenvalue weighted by Crippen LogP contribution is 2.38. The minimum absolute atomic E-state index is 0.0542. The molecule has 80 valence electrons. The predicted molar refractivity (Wildman–Crippen MR) is 63.8 cm³/mol. The molecule has 0 spiro atoms. The van der Waals surface area contributed by atoms with Crippen molar-refractivity contribution in [3.05, 3.63) is 22.4 Å². The molecule has 0 saturated heterocycles. The summed E-state index contributed by atoms with van der Waals surface area (Å²) < 4.78 is 0. The van der Waals surface area contributed by atoms with Crippen molar-refractivity contribution in [1.29, 1.82) is 5.26 Å². The van der Waals surface area contributed by atoms with Crippen molar-refractivity contribution >= 4 is 11.3 Å². The highest BCUT2D eigenvalue weighted by molar-refractivity contribution is 7.09. The normalized spacial score (nSPS) is 20.5. The van der Waals surface area contributed by atoms with E-state index < -0.39 is 0 Å². The number of hydrogen-bond donors (Lipinski definition) is 0. The molecule has 1 saturated carbocycles. The summed E-state index contributed by atoms with van der Waals surface area (Å²) in [6.45, 7) is 0. The third kappa shape index (κ3) is 2.60. The molecule has 0 bridgehead atoms. The first-order valence-corrected chi connectivity index (χ1v) is 6.66. The Labute approximate surface area is 95.7 Å². The first-order chi connectivity index (χ1) is 7.35. The van der Waals surface area contributed by atoms with Crippen LogP contribution in [0.1, 0.15) is 43.4 Å². The van der Waals surface area contributed by atoms with E-state index in [9.17, 15) is 5.26 Å². The topological polar surface area (TPSA) is 23.8 Å². The molecule has 1 heterocycles. The van der Waals surface area contributed by atoms with Crippen LogP contribution in [0.15, 0.2) is 17.5 Å². The molecule has 1 aromatic rings. The van der Waals surface area contributed by atoms with E-state index in [4.69, 9.17) is 0 Å². The van der Waals surface area contributed by atoms with Crippen molar-refractivity contribution < 1.29 is 0 Å². The van der Waals surface area contributed by atoms with E-state index in [0.717, 1.165) is 19.3 Å². The Morgan fingerprint density at radius 1 is 1.27 bits per heavy atom. The van der Waals surface area contributed by atoms with Crippen LogP contribution >= 0.6 is 11.3 Å². The minimum Gasteiger partial charge on any atom is -0.198 e. The van der Waals surface area contributed by atoms with Crippen LogP contribution in [0.4, 0.5) is 0 Å². The average molecular weight is 219 g/mol. The van der Waals surface area contributed by atoms with Crippen molar-refractivity contribution in [2.24, 2.45) is 5.41 Å². The number of hydrogen-bond acceptors (Lipinski definition) is 2. The molecule has 0 radical (unpaired) electrons. The fraction of sp³-hybridized carbons (Fsp3) is 0.615. The summed E-state index contributed by atoms with van der Waals surface area (Å²) in [5, 5.41) is 11.5. The maximum absolute atomic E-state index is 9.42. The lowest BCUT2D eigenvalue weighted by Gasteiger charge is -2.23. The minimum atomic E-state index is -0.0542. The van der Waals surface area contributed by atoms with Gasteiger partial charge < -0.3 is 0 Å². The van der Waals surface area contributed by atoms with Crippen molar-refractivity contribution in [3.8, 4) is 6.07 Å². The third-order valence-corrected chi connectivity index (χ3v) is 4.27. The summed E-state index contributed by atoms with van der Waals surface area (Å²) in [5.41, 5.74) is -0.0542. The zero-order chi connectivity index (χ0) is 10.6. The summed E-state index contributed by atoms with van der Waals surface area (Å²) in [5.74, 6) is 0. The van der Waals surface area contributed by atoms with Gasteiger partial charge in [0.2, 0.25) is 0 Å². The van der Waals surface area contributed by atoms with Gasteiger partial charge in [-0.3, -0.25) is 0 Å². The van der Waals surface area contributed by atoms with E-state index in [2.05, 4.69) is 23.6 Å². The molecule has 1 aliphatic carbocycles. The van der Waals surface area contributed by atoms with Gasteiger partial charge in [0.15, 0.2) is 0 Å². The maximum atomic E-state index is 9.42. The lowest BCUT2D eigenvalue weighted by molar-refractivity contribution is 0.341. The molecule has 0 aliphatic heterocycles. The summed E-state index contributed by atoms with van der Waals surface area (Å²) >= 11 is 1.79. The predicted octanol–water partition coefficient (Wildman–Crippen LogP) is 4.15. The van der Waals surface area contributed by atoms with Gasteiger partial charge in [0.25, 0.3) is 0 Å². The van der Waals surface area contributed by atoms with E-state index in [-0.39, 0.29) is 5.41 Å². The molecule has 2 heteroatoms. The highest BCUT2D eigenvalue weighted by atomic mass is 32.1. The molecule has 15 heavy (non-hydrogen) atoms. The SMILES string of the molecule is N#CC1(Cc2cccs2)CCCCCC1. The summed E-state index contributed by atoms with van der Waals surface area (Å²) in [6.07, 6.45) is 8.27. The molecule has 0 aromatic carbocycles.